The van der Waals surface area contributed by atoms with Crippen molar-refractivity contribution >= 4 is 21.4 Å². The minimum absolute atomic E-state index is 0.152. The monoisotopic (exact) mass is 319 g/mol. The van der Waals surface area contributed by atoms with Gasteiger partial charge in [0.25, 0.3) is 0 Å². The Labute approximate surface area is 126 Å². The Bertz CT molecular complexity index is 517. The summed E-state index contributed by atoms with van der Waals surface area (Å²) in [5.74, 6) is 0.924. The van der Waals surface area contributed by atoms with Crippen LogP contribution < -0.4 is 10.1 Å². The quantitative estimate of drug-likeness (QED) is 0.711. The summed E-state index contributed by atoms with van der Waals surface area (Å²) in [6.45, 7) is 5.72. The molecule has 1 N–H and O–H groups in total. The largest absolute Gasteiger partial charge is 0.492 e. The minimum Gasteiger partial charge on any atom is -0.492 e. The highest BCUT2D eigenvalue weighted by Gasteiger charge is 2.08. The number of nitrogens with one attached hydrogen (secondary N) is 1. The summed E-state index contributed by atoms with van der Waals surface area (Å²) >= 11 is 6.13. The third-order valence-electron chi connectivity index (χ3n) is 2.87. The van der Waals surface area contributed by atoms with Gasteiger partial charge in [0, 0.05) is 12.3 Å². The van der Waals surface area contributed by atoms with Crippen LogP contribution in [0.4, 0.5) is 0 Å². The number of ether oxygens (including phenoxy) is 1. The van der Waals surface area contributed by atoms with Crippen molar-refractivity contribution in [3.63, 3.8) is 0 Å². The second kappa shape index (κ2) is 8.49. The van der Waals surface area contributed by atoms with Gasteiger partial charge in [-0.05, 0) is 30.7 Å². The molecule has 0 fully saturated rings. The van der Waals surface area contributed by atoms with E-state index in [4.69, 9.17) is 16.3 Å². The summed E-state index contributed by atoms with van der Waals surface area (Å²) in [5, 5.41) is 3.77. The van der Waals surface area contributed by atoms with Crippen LogP contribution in [0.2, 0.25) is 5.02 Å². The van der Waals surface area contributed by atoms with E-state index in [2.05, 4.69) is 5.32 Å². The van der Waals surface area contributed by atoms with Gasteiger partial charge in [-0.15, -0.1) is 0 Å². The summed E-state index contributed by atoms with van der Waals surface area (Å²) in [6, 6.07) is 5.64. The van der Waals surface area contributed by atoms with Crippen LogP contribution in [-0.4, -0.2) is 33.1 Å². The van der Waals surface area contributed by atoms with Gasteiger partial charge >= 0.3 is 0 Å². The molecule has 0 aliphatic heterocycles. The van der Waals surface area contributed by atoms with Crippen LogP contribution in [0.5, 0.6) is 5.75 Å². The molecule has 1 aromatic rings. The Hall–Kier alpha value is -0.780. The molecule has 0 aliphatic rings. The summed E-state index contributed by atoms with van der Waals surface area (Å²) in [4.78, 5) is 0. The number of sulfone groups is 1. The van der Waals surface area contributed by atoms with Crippen molar-refractivity contribution in [1.82, 2.24) is 5.32 Å². The highest BCUT2D eigenvalue weighted by Crippen LogP contribution is 2.25. The summed E-state index contributed by atoms with van der Waals surface area (Å²) < 4.78 is 28.2. The Morgan fingerprint density at radius 3 is 2.65 bits per heavy atom. The van der Waals surface area contributed by atoms with Crippen molar-refractivity contribution in [2.24, 2.45) is 0 Å². The highest BCUT2D eigenvalue weighted by atomic mass is 35.5. The second-order valence-electron chi connectivity index (χ2n) is 4.48. The predicted molar refractivity (Wildman–Crippen MR) is 83.3 cm³/mol. The molecule has 0 amide bonds. The van der Waals surface area contributed by atoms with E-state index >= 15 is 0 Å². The lowest BCUT2D eigenvalue weighted by molar-refractivity contribution is 0.318. The topological polar surface area (TPSA) is 55.4 Å². The van der Waals surface area contributed by atoms with Crippen LogP contribution in [0, 0.1) is 0 Å². The standard InChI is InChI=1S/C14H22ClNO3S/c1-3-16-11-12-6-7-14(13(15)10-12)19-8-5-9-20(17,18)4-2/h6-7,10,16H,3-5,8-9,11H2,1-2H3. The molecule has 6 heteroatoms. The summed E-state index contributed by atoms with van der Waals surface area (Å²) in [5.41, 5.74) is 1.10. The maximum atomic E-state index is 11.3. The highest BCUT2D eigenvalue weighted by molar-refractivity contribution is 7.91. The van der Waals surface area contributed by atoms with Gasteiger partial charge in [-0.3, -0.25) is 0 Å². The van der Waals surface area contributed by atoms with Gasteiger partial charge in [0.1, 0.15) is 15.6 Å². The molecule has 1 aromatic carbocycles. The van der Waals surface area contributed by atoms with Gasteiger partial charge < -0.3 is 10.1 Å². The van der Waals surface area contributed by atoms with Crippen molar-refractivity contribution in [3.05, 3.63) is 28.8 Å². The van der Waals surface area contributed by atoms with Crippen LogP contribution in [0.15, 0.2) is 18.2 Å². The van der Waals surface area contributed by atoms with E-state index in [-0.39, 0.29) is 11.5 Å². The fraction of sp³-hybridized carbons (Fsp3) is 0.571. The van der Waals surface area contributed by atoms with E-state index in [9.17, 15) is 8.42 Å². The Balaban J connectivity index is 2.44. The molecular formula is C14H22ClNO3S. The third-order valence-corrected chi connectivity index (χ3v) is 4.96. The Morgan fingerprint density at radius 2 is 2.05 bits per heavy atom. The Morgan fingerprint density at radius 1 is 1.30 bits per heavy atom. The van der Waals surface area contributed by atoms with E-state index < -0.39 is 9.84 Å². The molecule has 0 unspecified atom stereocenters. The molecule has 0 atom stereocenters. The molecule has 0 aliphatic carbocycles. The van der Waals surface area contributed by atoms with Gasteiger partial charge in [-0.25, -0.2) is 8.42 Å². The molecule has 0 aromatic heterocycles. The van der Waals surface area contributed by atoms with Gasteiger partial charge in [0.05, 0.1) is 17.4 Å². The molecule has 0 bridgehead atoms. The number of hydrogen-bond acceptors (Lipinski definition) is 4. The molecule has 0 heterocycles. The summed E-state index contributed by atoms with van der Waals surface area (Å²) in [6.07, 6.45) is 0.478. The second-order valence-corrected chi connectivity index (χ2v) is 7.36. The maximum absolute atomic E-state index is 11.3. The SMILES string of the molecule is CCNCc1ccc(OCCCS(=O)(=O)CC)c(Cl)c1. The van der Waals surface area contributed by atoms with E-state index in [1.165, 1.54) is 0 Å². The maximum Gasteiger partial charge on any atom is 0.150 e. The van der Waals surface area contributed by atoms with Crippen molar-refractivity contribution in [2.45, 2.75) is 26.8 Å². The lowest BCUT2D eigenvalue weighted by Crippen LogP contribution is -2.12. The van der Waals surface area contributed by atoms with Crippen molar-refractivity contribution in [2.75, 3.05) is 24.7 Å². The first kappa shape index (κ1) is 17.3. The van der Waals surface area contributed by atoms with E-state index in [0.717, 1.165) is 18.7 Å². The fourth-order valence-electron chi connectivity index (χ4n) is 1.65. The molecule has 0 radical (unpaired) electrons. The lowest BCUT2D eigenvalue weighted by Gasteiger charge is -2.10. The van der Waals surface area contributed by atoms with Gasteiger partial charge in [0.15, 0.2) is 0 Å². The first-order valence-electron chi connectivity index (χ1n) is 6.81. The first-order chi connectivity index (χ1) is 9.48. The Kier molecular flexibility index (Phi) is 7.34. The number of hydrogen-bond donors (Lipinski definition) is 1. The van der Waals surface area contributed by atoms with Gasteiger partial charge in [0.2, 0.25) is 0 Å². The minimum atomic E-state index is -2.92. The van der Waals surface area contributed by atoms with Gasteiger partial charge in [-0.1, -0.05) is 31.5 Å². The molecule has 20 heavy (non-hydrogen) atoms. The zero-order valence-corrected chi connectivity index (χ0v) is 13.6. The molecule has 4 nitrogen and oxygen atoms in total. The van der Waals surface area contributed by atoms with Crippen molar-refractivity contribution in [3.8, 4) is 5.75 Å². The molecule has 114 valence electrons. The molecule has 0 saturated heterocycles. The fourth-order valence-corrected chi connectivity index (χ4v) is 2.75. The zero-order chi connectivity index (χ0) is 15.0. The lowest BCUT2D eigenvalue weighted by atomic mass is 10.2. The van der Waals surface area contributed by atoms with Crippen molar-refractivity contribution < 1.29 is 13.2 Å². The normalized spacial score (nSPS) is 11.6. The number of halogens is 1. The van der Waals surface area contributed by atoms with E-state index in [0.29, 0.717) is 23.8 Å². The number of benzene rings is 1. The van der Waals surface area contributed by atoms with Crippen molar-refractivity contribution in [1.29, 1.82) is 0 Å². The smallest absolute Gasteiger partial charge is 0.150 e. The van der Waals surface area contributed by atoms with Crippen LogP contribution in [0.1, 0.15) is 25.8 Å². The van der Waals surface area contributed by atoms with Gasteiger partial charge in [-0.2, -0.15) is 0 Å². The van der Waals surface area contributed by atoms with E-state index in [1.807, 2.05) is 25.1 Å². The molecule has 1 rings (SSSR count). The van der Waals surface area contributed by atoms with Crippen LogP contribution in [0.25, 0.3) is 0 Å². The average Bonchev–Trinajstić information content (AvgIpc) is 2.43. The first-order valence-corrected chi connectivity index (χ1v) is 9.00. The third kappa shape index (κ3) is 6.11. The summed E-state index contributed by atoms with van der Waals surface area (Å²) in [7, 11) is -2.92. The molecule has 0 saturated carbocycles. The number of rotatable bonds is 9. The average molecular weight is 320 g/mol. The van der Waals surface area contributed by atoms with Crippen LogP contribution >= 0.6 is 11.6 Å². The van der Waals surface area contributed by atoms with E-state index in [1.54, 1.807) is 6.92 Å². The molecular weight excluding hydrogens is 298 g/mol. The predicted octanol–water partition coefficient (Wildman–Crippen LogP) is 2.65. The van der Waals surface area contributed by atoms with Crippen LogP contribution in [-0.2, 0) is 16.4 Å². The zero-order valence-electron chi connectivity index (χ0n) is 12.0. The molecule has 0 spiro atoms. The van der Waals surface area contributed by atoms with Crippen LogP contribution in [0.3, 0.4) is 0 Å².